The molecule has 3 fully saturated rings. The molecule has 1 unspecified atom stereocenters. The summed E-state index contributed by atoms with van der Waals surface area (Å²) in [5.74, 6) is 0.997. The third-order valence-electron chi connectivity index (χ3n) is 5.74. The maximum atomic E-state index is 12.5. The number of nitrogens with one attached hydrogen (secondary N) is 1. The second kappa shape index (κ2) is 10.8. The Hall–Kier alpha value is -0.610. The van der Waals surface area contributed by atoms with Gasteiger partial charge in [-0.05, 0) is 32.6 Å². The van der Waals surface area contributed by atoms with Crippen molar-refractivity contribution in [2.45, 2.75) is 63.6 Å². The predicted molar refractivity (Wildman–Crippen MR) is 117 cm³/mol. The van der Waals surface area contributed by atoms with Crippen molar-refractivity contribution in [3.8, 4) is 0 Å². The van der Waals surface area contributed by atoms with Gasteiger partial charge in [-0.3, -0.25) is 9.79 Å². The number of aliphatic hydroxyl groups is 1. The summed E-state index contributed by atoms with van der Waals surface area (Å²) < 4.78 is 5.53. The minimum atomic E-state index is -0.642. The number of amides is 1. The standard InChI is InChI=1S/C19H34N4O3.HI/c1-2-20-18(21-15-19(25)8-4-3-5-9-19)23-12-10-22(11-13-23)17(24)16-7-6-14-26-16;/h16,25H,2-15H2,1H3,(H,20,21);1H. The number of rotatable bonds is 4. The summed E-state index contributed by atoms with van der Waals surface area (Å²) in [6.07, 6.45) is 6.69. The molecule has 7 nitrogen and oxygen atoms in total. The van der Waals surface area contributed by atoms with Crippen LogP contribution in [0.2, 0.25) is 0 Å². The molecule has 3 rings (SSSR count). The van der Waals surface area contributed by atoms with Crippen molar-refractivity contribution in [1.29, 1.82) is 0 Å². The van der Waals surface area contributed by atoms with Crippen LogP contribution in [0.4, 0.5) is 0 Å². The lowest BCUT2D eigenvalue weighted by atomic mass is 9.85. The predicted octanol–water partition coefficient (Wildman–Crippen LogP) is 1.59. The molecule has 0 bridgehead atoms. The summed E-state index contributed by atoms with van der Waals surface area (Å²) in [4.78, 5) is 21.3. The first-order valence-corrected chi connectivity index (χ1v) is 10.3. The Labute approximate surface area is 179 Å². The first-order valence-electron chi connectivity index (χ1n) is 10.3. The van der Waals surface area contributed by atoms with Crippen molar-refractivity contribution in [2.75, 3.05) is 45.9 Å². The summed E-state index contributed by atoms with van der Waals surface area (Å²) in [6, 6.07) is 0. The molecule has 2 saturated heterocycles. The van der Waals surface area contributed by atoms with Crippen molar-refractivity contribution in [2.24, 2.45) is 4.99 Å². The van der Waals surface area contributed by atoms with Crippen LogP contribution < -0.4 is 5.32 Å². The van der Waals surface area contributed by atoms with E-state index in [0.29, 0.717) is 26.2 Å². The van der Waals surface area contributed by atoms with Gasteiger partial charge in [0.15, 0.2) is 5.96 Å². The van der Waals surface area contributed by atoms with Crippen molar-refractivity contribution in [1.82, 2.24) is 15.1 Å². The van der Waals surface area contributed by atoms with Crippen molar-refractivity contribution in [3.63, 3.8) is 0 Å². The van der Waals surface area contributed by atoms with E-state index in [0.717, 1.165) is 64.1 Å². The molecule has 1 saturated carbocycles. The molecule has 27 heavy (non-hydrogen) atoms. The summed E-state index contributed by atoms with van der Waals surface area (Å²) in [5, 5.41) is 14.0. The van der Waals surface area contributed by atoms with Crippen LogP contribution in [0.25, 0.3) is 0 Å². The normalized spacial score (nSPS) is 25.9. The molecule has 2 heterocycles. The fraction of sp³-hybridized carbons (Fsp3) is 0.895. The van der Waals surface area contributed by atoms with E-state index in [-0.39, 0.29) is 36.0 Å². The van der Waals surface area contributed by atoms with Gasteiger partial charge in [-0.2, -0.15) is 0 Å². The highest BCUT2D eigenvalue weighted by Gasteiger charge is 2.32. The van der Waals surface area contributed by atoms with E-state index in [1.807, 2.05) is 4.90 Å². The fourth-order valence-corrected chi connectivity index (χ4v) is 4.13. The number of piperazine rings is 1. The van der Waals surface area contributed by atoms with E-state index in [9.17, 15) is 9.90 Å². The summed E-state index contributed by atoms with van der Waals surface area (Å²) in [5.41, 5.74) is -0.642. The van der Waals surface area contributed by atoms with Gasteiger partial charge in [0.25, 0.3) is 5.91 Å². The first-order chi connectivity index (χ1) is 12.6. The minimum absolute atomic E-state index is 0. The summed E-state index contributed by atoms with van der Waals surface area (Å²) >= 11 is 0. The van der Waals surface area contributed by atoms with Crippen LogP contribution in [0.15, 0.2) is 4.99 Å². The molecule has 1 aliphatic carbocycles. The highest BCUT2D eigenvalue weighted by molar-refractivity contribution is 14.0. The Balaban J connectivity index is 0.00000261. The molecule has 3 aliphatic rings. The highest BCUT2D eigenvalue weighted by Crippen LogP contribution is 2.28. The molecular formula is C19H35IN4O3. The zero-order valence-electron chi connectivity index (χ0n) is 16.5. The van der Waals surface area contributed by atoms with Crippen molar-refractivity contribution >= 4 is 35.8 Å². The molecule has 1 atom stereocenters. The molecule has 2 N–H and O–H groups in total. The summed E-state index contributed by atoms with van der Waals surface area (Å²) in [6.45, 7) is 6.96. The molecule has 156 valence electrons. The second-order valence-electron chi connectivity index (χ2n) is 7.77. The lowest BCUT2D eigenvalue weighted by Crippen LogP contribution is -2.55. The smallest absolute Gasteiger partial charge is 0.251 e. The molecule has 8 heteroatoms. The van der Waals surface area contributed by atoms with Gasteiger partial charge in [0.1, 0.15) is 6.10 Å². The van der Waals surface area contributed by atoms with Gasteiger partial charge in [0.2, 0.25) is 0 Å². The molecule has 1 amide bonds. The van der Waals surface area contributed by atoms with Crippen LogP contribution in [0.3, 0.4) is 0 Å². The van der Waals surface area contributed by atoms with Gasteiger partial charge in [-0.1, -0.05) is 19.3 Å². The van der Waals surface area contributed by atoms with E-state index in [1.165, 1.54) is 6.42 Å². The number of hydrogen-bond donors (Lipinski definition) is 2. The Morgan fingerprint density at radius 2 is 1.81 bits per heavy atom. The van der Waals surface area contributed by atoms with Crippen molar-refractivity contribution < 1.29 is 14.6 Å². The van der Waals surface area contributed by atoms with Crippen LogP contribution in [-0.2, 0) is 9.53 Å². The first kappa shape index (κ1) is 22.7. The van der Waals surface area contributed by atoms with Crippen LogP contribution in [-0.4, -0.2) is 84.4 Å². The lowest BCUT2D eigenvalue weighted by Gasteiger charge is -2.38. The minimum Gasteiger partial charge on any atom is -0.388 e. The third kappa shape index (κ3) is 6.19. The SMILES string of the molecule is CCNC(=NCC1(O)CCCCC1)N1CCN(C(=O)C2CCCO2)CC1.I. The Kier molecular flexibility index (Phi) is 9.07. The lowest BCUT2D eigenvalue weighted by molar-refractivity contribution is -0.142. The second-order valence-corrected chi connectivity index (χ2v) is 7.77. The Morgan fingerprint density at radius 1 is 1.15 bits per heavy atom. The van der Waals surface area contributed by atoms with Gasteiger partial charge in [-0.15, -0.1) is 24.0 Å². The number of hydrogen-bond acceptors (Lipinski definition) is 4. The number of guanidine groups is 1. The van der Waals surface area contributed by atoms with E-state index < -0.39 is 5.60 Å². The van der Waals surface area contributed by atoms with Gasteiger partial charge in [0.05, 0.1) is 12.1 Å². The zero-order valence-corrected chi connectivity index (χ0v) is 18.8. The summed E-state index contributed by atoms with van der Waals surface area (Å²) in [7, 11) is 0. The molecular weight excluding hydrogens is 459 g/mol. The van der Waals surface area contributed by atoms with Crippen molar-refractivity contribution in [3.05, 3.63) is 0 Å². The Morgan fingerprint density at radius 3 is 2.41 bits per heavy atom. The largest absolute Gasteiger partial charge is 0.388 e. The van der Waals surface area contributed by atoms with Gasteiger partial charge in [-0.25, -0.2) is 0 Å². The molecule has 0 aromatic heterocycles. The zero-order chi connectivity index (χ0) is 18.4. The van der Waals surface area contributed by atoms with Gasteiger partial charge in [0, 0.05) is 39.3 Å². The van der Waals surface area contributed by atoms with Crippen LogP contribution in [0, 0.1) is 0 Å². The van der Waals surface area contributed by atoms with E-state index in [1.54, 1.807) is 0 Å². The monoisotopic (exact) mass is 494 g/mol. The average Bonchev–Trinajstić information content (AvgIpc) is 3.20. The average molecular weight is 494 g/mol. The topological polar surface area (TPSA) is 77.4 Å². The van der Waals surface area contributed by atoms with Crippen LogP contribution >= 0.6 is 24.0 Å². The molecule has 0 spiro atoms. The number of ether oxygens (including phenoxy) is 1. The number of carbonyl (C=O) groups excluding carboxylic acids is 1. The molecule has 2 aliphatic heterocycles. The number of carbonyl (C=O) groups is 1. The quantitative estimate of drug-likeness (QED) is 0.353. The third-order valence-corrected chi connectivity index (χ3v) is 5.74. The maximum Gasteiger partial charge on any atom is 0.251 e. The highest BCUT2D eigenvalue weighted by atomic mass is 127. The molecule has 0 aromatic carbocycles. The van der Waals surface area contributed by atoms with Crippen LogP contribution in [0.1, 0.15) is 51.9 Å². The number of aliphatic imine (C=N–C) groups is 1. The number of nitrogens with zero attached hydrogens (tertiary/aromatic N) is 3. The van der Waals surface area contributed by atoms with E-state index in [2.05, 4.69) is 17.1 Å². The van der Waals surface area contributed by atoms with Gasteiger partial charge < -0.3 is 25.0 Å². The van der Waals surface area contributed by atoms with Gasteiger partial charge >= 0.3 is 0 Å². The molecule has 0 aromatic rings. The number of halogens is 1. The van der Waals surface area contributed by atoms with E-state index >= 15 is 0 Å². The Bertz CT molecular complexity index is 497. The van der Waals surface area contributed by atoms with E-state index in [4.69, 9.17) is 9.73 Å². The van der Waals surface area contributed by atoms with Crippen LogP contribution in [0.5, 0.6) is 0 Å². The fourth-order valence-electron chi connectivity index (χ4n) is 4.13. The molecule has 0 radical (unpaired) electrons. The maximum absolute atomic E-state index is 12.5.